The van der Waals surface area contributed by atoms with Crippen LogP contribution in [0.5, 0.6) is 0 Å². The van der Waals surface area contributed by atoms with Gasteiger partial charge in [-0.05, 0) is 37.0 Å². The van der Waals surface area contributed by atoms with E-state index in [0.717, 1.165) is 47.7 Å². The number of hydrogen-bond donors (Lipinski definition) is 1. The SMILES string of the molecule is O=C([C@@H](Sc1n[nH]c2nc3ccccc3n12)c1ccccc1)N1CCCCC1. The van der Waals surface area contributed by atoms with E-state index in [1.54, 1.807) is 0 Å². The maximum absolute atomic E-state index is 13.4. The molecule has 1 saturated heterocycles. The number of benzene rings is 2. The lowest BCUT2D eigenvalue weighted by atomic mass is 10.1. The third-order valence-electron chi connectivity index (χ3n) is 5.22. The fourth-order valence-electron chi connectivity index (χ4n) is 3.80. The van der Waals surface area contributed by atoms with Crippen LogP contribution in [0.2, 0.25) is 0 Å². The fraction of sp³-hybridized carbons (Fsp3) is 0.286. The number of rotatable bonds is 4. The number of para-hydroxylation sites is 2. The number of nitrogens with zero attached hydrogens (tertiary/aromatic N) is 4. The highest BCUT2D eigenvalue weighted by atomic mass is 32.2. The van der Waals surface area contributed by atoms with Gasteiger partial charge in [0.1, 0.15) is 5.25 Å². The summed E-state index contributed by atoms with van der Waals surface area (Å²) in [4.78, 5) is 20.0. The first-order valence-electron chi connectivity index (χ1n) is 9.63. The normalized spacial score (nSPS) is 15.9. The van der Waals surface area contributed by atoms with Crippen LogP contribution in [-0.4, -0.2) is 43.5 Å². The topological polar surface area (TPSA) is 66.3 Å². The van der Waals surface area contributed by atoms with Crippen molar-refractivity contribution in [1.82, 2.24) is 24.5 Å². The van der Waals surface area contributed by atoms with Gasteiger partial charge in [0, 0.05) is 13.1 Å². The van der Waals surface area contributed by atoms with Crippen molar-refractivity contribution in [3.05, 3.63) is 60.2 Å². The molecule has 0 aliphatic carbocycles. The number of amides is 1. The van der Waals surface area contributed by atoms with E-state index in [4.69, 9.17) is 0 Å². The lowest BCUT2D eigenvalue weighted by Crippen LogP contribution is -2.38. The number of aromatic nitrogens is 4. The van der Waals surface area contributed by atoms with Crippen molar-refractivity contribution in [2.45, 2.75) is 29.7 Å². The molecule has 3 heterocycles. The average Bonchev–Trinajstić information content (AvgIpc) is 3.32. The van der Waals surface area contributed by atoms with Gasteiger partial charge in [0.05, 0.1) is 11.0 Å². The Morgan fingerprint density at radius 2 is 1.75 bits per heavy atom. The molecule has 1 fully saturated rings. The molecule has 0 radical (unpaired) electrons. The maximum atomic E-state index is 13.4. The number of imidazole rings is 1. The predicted molar refractivity (Wildman–Crippen MR) is 110 cm³/mol. The number of likely N-dealkylation sites (tertiary alicyclic amines) is 1. The molecular weight excluding hydrogens is 370 g/mol. The largest absolute Gasteiger partial charge is 0.341 e. The summed E-state index contributed by atoms with van der Waals surface area (Å²) >= 11 is 1.49. The van der Waals surface area contributed by atoms with Crippen molar-refractivity contribution >= 4 is 34.5 Å². The quantitative estimate of drug-likeness (QED) is 0.533. The molecule has 2 aromatic carbocycles. The van der Waals surface area contributed by atoms with E-state index in [-0.39, 0.29) is 11.2 Å². The highest BCUT2D eigenvalue weighted by Gasteiger charge is 2.29. The molecule has 1 aliphatic heterocycles. The summed E-state index contributed by atoms with van der Waals surface area (Å²) < 4.78 is 2.00. The minimum absolute atomic E-state index is 0.163. The second kappa shape index (κ2) is 7.31. The van der Waals surface area contributed by atoms with E-state index in [1.807, 2.05) is 63.9 Å². The molecule has 142 valence electrons. The molecule has 7 heteroatoms. The Hall–Kier alpha value is -2.80. The molecule has 1 aliphatic rings. The zero-order chi connectivity index (χ0) is 18.9. The number of H-pyrrole nitrogens is 1. The van der Waals surface area contributed by atoms with Crippen molar-refractivity contribution in [1.29, 1.82) is 0 Å². The molecule has 0 saturated carbocycles. The van der Waals surface area contributed by atoms with Crippen LogP contribution in [0.4, 0.5) is 0 Å². The highest BCUT2D eigenvalue weighted by Crippen LogP contribution is 2.37. The Kier molecular flexibility index (Phi) is 4.52. The summed E-state index contributed by atoms with van der Waals surface area (Å²) in [6, 6.07) is 18.0. The molecule has 1 N–H and O–H groups in total. The van der Waals surface area contributed by atoms with Gasteiger partial charge in [-0.3, -0.25) is 9.20 Å². The standard InChI is InChI=1S/C21H21N5OS/c27-19(25-13-7-2-8-14-25)18(15-9-3-1-4-10-15)28-21-24-23-20-22-16-11-5-6-12-17(16)26(20)21/h1,3-6,9-12,18H,2,7-8,13-14H2,(H,22,23)/t18-/m0/s1. The number of aromatic amines is 1. The van der Waals surface area contributed by atoms with Gasteiger partial charge in [-0.25, -0.2) is 10.1 Å². The molecule has 0 spiro atoms. The lowest BCUT2D eigenvalue weighted by molar-refractivity contribution is -0.131. The Morgan fingerprint density at radius 1 is 1.00 bits per heavy atom. The Morgan fingerprint density at radius 3 is 2.57 bits per heavy atom. The highest BCUT2D eigenvalue weighted by molar-refractivity contribution is 8.00. The van der Waals surface area contributed by atoms with Crippen LogP contribution in [0.25, 0.3) is 16.8 Å². The summed E-state index contributed by atoms with van der Waals surface area (Å²) in [5.74, 6) is 0.859. The minimum atomic E-state index is -0.327. The van der Waals surface area contributed by atoms with Crippen LogP contribution in [0.3, 0.4) is 0 Å². The van der Waals surface area contributed by atoms with Crippen molar-refractivity contribution in [3.8, 4) is 0 Å². The van der Waals surface area contributed by atoms with Crippen molar-refractivity contribution < 1.29 is 4.79 Å². The van der Waals surface area contributed by atoms with Gasteiger partial charge < -0.3 is 4.90 Å². The number of fused-ring (bicyclic) bond motifs is 3. The number of carbonyl (C=O) groups is 1. The molecule has 5 rings (SSSR count). The molecule has 6 nitrogen and oxygen atoms in total. The second-order valence-electron chi connectivity index (χ2n) is 7.06. The van der Waals surface area contributed by atoms with Crippen LogP contribution in [-0.2, 0) is 4.79 Å². The minimum Gasteiger partial charge on any atom is -0.341 e. The van der Waals surface area contributed by atoms with E-state index in [9.17, 15) is 4.79 Å². The van der Waals surface area contributed by atoms with Gasteiger partial charge in [0.15, 0.2) is 5.16 Å². The van der Waals surface area contributed by atoms with E-state index in [1.165, 1.54) is 18.2 Å². The lowest BCUT2D eigenvalue weighted by Gasteiger charge is -2.30. The average molecular weight is 392 g/mol. The molecule has 1 atom stereocenters. The smallest absolute Gasteiger partial charge is 0.240 e. The number of hydrogen-bond acceptors (Lipinski definition) is 4. The van der Waals surface area contributed by atoms with Gasteiger partial charge in [0.2, 0.25) is 11.7 Å². The second-order valence-corrected chi connectivity index (χ2v) is 8.13. The number of thioether (sulfide) groups is 1. The molecule has 2 aromatic heterocycles. The summed E-state index contributed by atoms with van der Waals surface area (Å²) in [7, 11) is 0. The summed E-state index contributed by atoms with van der Waals surface area (Å²) in [5.41, 5.74) is 2.91. The summed E-state index contributed by atoms with van der Waals surface area (Å²) in [6.07, 6.45) is 3.36. The molecule has 0 bridgehead atoms. The first-order chi connectivity index (χ1) is 13.8. The molecule has 4 aromatic rings. The van der Waals surface area contributed by atoms with E-state index in [2.05, 4.69) is 15.2 Å². The zero-order valence-electron chi connectivity index (χ0n) is 15.4. The van der Waals surface area contributed by atoms with Gasteiger partial charge in [-0.1, -0.05) is 54.2 Å². The maximum Gasteiger partial charge on any atom is 0.240 e. The molecule has 0 unspecified atom stereocenters. The third kappa shape index (κ3) is 3.05. The van der Waals surface area contributed by atoms with Crippen LogP contribution in [0.1, 0.15) is 30.1 Å². The summed E-state index contributed by atoms with van der Waals surface area (Å²) in [5, 5.41) is 7.90. The Bertz CT molecular complexity index is 1110. The number of nitrogens with one attached hydrogen (secondary N) is 1. The van der Waals surface area contributed by atoms with E-state index in [0.29, 0.717) is 5.78 Å². The summed E-state index contributed by atoms with van der Waals surface area (Å²) in [6.45, 7) is 1.68. The molecule has 28 heavy (non-hydrogen) atoms. The van der Waals surface area contributed by atoms with Gasteiger partial charge >= 0.3 is 0 Å². The molecular formula is C21H21N5OS. The van der Waals surface area contributed by atoms with Crippen molar-refractivity contribution in [2.75, 3.05) is 13.1 Å². The van der Waals surface area contributed by atoms with Crippen molar-refractivity contribution in [2.24, 2.45) is 0 Å². The third-order valence-corrected chi connectivity index (χ3v) is 6.42. The monoisotopic (exact) mass is 391 g/mol. The van der Waals surface area contributed by atoms with Crippen LogP contribution < -0.4 is 0 Å². The number of piperidine rings is 1. The van der Waals surface area contributed by atoms with Gasteiger partial charge in [0.25, 0.3) is 0 Å². The van der Waals surface area contributed by atoms with Gasteiger partial charge in [-0.15, -0.1) is 5.10 Å². The van der Waals surface area contributed by atoms with Crippen LogP contribution in [0, 0.1) is 0 Å². The predicted octanol–water partition coefficient (Wildman–Crippen LogP) is 4.06. The van der Waals surface area contributed by atoms with Crippen LogP contribution in [0.15, 0.2) is 59.8 Å². The van der Waals surface area contributed by atoms with Gasteiger partial charge in [-0.2, -0.15) is 0 Å². The fourth-order valence-corrected chi connectivity index (χ4v) is 4.94. The van der Waals surface area contributed by atoms with Crippen LogP contribution >= 0.6 is 11.8 Å². The van der Waals surface area contributed by atoms with E-state index < -0.39 is 0 Å². The number of carbonyl (C=O) groups excluding carboxylic acids is 1. The first-order valence-corrected chi connectivity index (χ1v) is 10.5. The Balaban J connectivity index is 1.55. The van der Waals surface area contributed by atoms with Crippen molar-refractivity contribution in [3.63, 3.8) is 0 Å². The zero-order valence-corrected chi connectivity index (χ0v) is 16.2. The van der Waals surface area contributed by atoms with E-state index >= 15 is 0 Å². The first kappa shape index (κ1) is 17.3. The molecule has 1 amide bonds. The Labute approximate surface area is 166 Å².